The van der Waals surface area contributed by atoms with E-state index in [1.807, 2.05) is 13.0 Å². The van der Waals surface area contributed by atoms with Crippen molar-refractivity contribution in [3.8, 4) is 5.75 Å². The third-order valence-electron chi connectivity index (χ3n) is 3.36. The molecule has 1 atom stereocenters. The van der Waals surface area contributed by atoms with Crippen molar-refractivity contribution in [2.75, 3.05) is 11.4 Å². The molecule has 1 aliphatic rings. The standard InChI is InChI=1S/C14H15N3O3S/c1-10-9-11-5-3-6-12(13(11)20-10)21(18,19)17(2)14-15-7-4-8-16-14/h3-8,10H,9H2,1-2H3. The summed E-state index contributed by atoms with van der Waals surface area (Å²) in [4.78, 5) is 8.10. The molecule has 0 saturated heterocycles. The van der Waals surface area contributed by atoms with Crippen molar-refractivity contribution in [3.63, 3.8) is 0 Å². The summed E-state index contributed by atoms with van der Waals surface area (Å²) in [6.07, 6.45) is 3.70. The van der Waals surface area contributed by atoms with Gasteiger partial charge in [-0.25, -0.2) is 22.7 Å². The number of aromatic nitrogens is 2. The Kier molecular flexibility index (Phi) is 3.29. The summed E-state index contributed by atoms with van der Waals surface area (Å²) in [6.45, 7) is 1.92. The summed E-state index contributed by atoms with van der Waals surface area (Å²) in [6, 6.07) is 6.80. The Morgan fingerprint density at radius 3 is 2.67 bits per heavy atom. The van der Waals surface area contributed by atoms with Crippen LogP contribution < -0.4 is 9.04 Å². The number of benzene rings is 1. The Bertz CT molecular complexity index is 762. The van der Waals surface area contributed by atoms with Crippen molar-refractivity contribution < 1.29 is 13.2 Å². The van der Waals surface area contributed by atoms with E-state index < -0.39 is 10.0 Å². The lowest BCUT2D eigenvalue weighted by Crippen LogP contribution is -2.28. The van der Waals surface area contributed by atoms with Gasteiger partial charge in [0.1, 0.15) is 16.7 Å². The maximum absolute atomic E-state index is 12.8. The lowest BCUT2D eigenvalue weighted by Gasteiger charge is -2.18. The van der Waals surface area contributed by atoms with Crippen LogP contribution >= 0.6 is 0 Å². The first-order valence-electron chi connectivity index (χ1n) is 6.54. The zero-order valence-corrected chi connectivity index (χ0v) is 12.5. The SMILES string of the molecule is CC1Cc2cccc(S(=O)(=O)N(C)c3ncccn3)c2O1. The molecule has 0 bridgehead atoms. The second kappa shape index (κ2) is 5.00. The van der Waals surface area contributed by atoms with Gasteiger partial charge in [-0.3, -0.25) is 0 Å². The quantitative estimate of drug-likeness (QED) is 0.861. The molecule has 0 saturated carbocycles. The minimum atomic E-state index is -3.76. The molecule has 0 radical (unpaired) electrons. The highest BCUT2D eigenvalue weighted by Gasteiger charge is 2.31. The first-order chi connectivity index (χ1) is 10.00. The Labute approximate surface area is 123 Å². The first kappa shape index (κ1) is 13.8. The van der Waals surface area contributed by atoms with Crippen LogP contribution in [0.3, 0.4) is 0 Å². The van der Waals surface area contributed by atoms with E-state index in [0.29, 0.717) is 12.2 Å². The highest BCUT2D eigenvalue weighted by Crippen LogP contribution is 2.36. The molecule has 0 amide bonds. The van der Waals surface area contributed by atoms with Crippen LogP contribution in [0.25, 0.3) is 0 Å². The lowest BCUT2D eigenvalue weighted by atomic mass is 10.1. The number of anilines is 1. The Hall–Kier alpha value is -2.15. The summed E-state index contributed by atoms with van der Waals surface area (Å²) < 4.78 is 32.3. The number of fused-ring (bicyclic) bond motifs is 1. The first-order valence-corrected chi connectivity index (χ1v) is 7.98. The Morgan fingerprint density at radius 1 is 1.24 bits per heavy atom. The summed E-state index contributed by atoms with van der Waals surface area (Å²) in [5.74, 6) is 0.564. The minimum absolute atomic E-state index is 0.0189. The lowest BCUT2D eigenvalue weighted by molar-refractivity contribution is 0.249. The monoisotopic (exact) mass is 305 g/mol. The highest BCUT2D eigenvalue weighted by molar-refractivity contribution is 7.92. The van der Waals surface area contributed by atoms with E-state index in [1.165, 1.54) is 19.4 Å². The third kappa shape index (κ3) is 2.33. The number of hydrogen-bond donors (Lipinski definition) is 0. The molecular formula is C14H15N3O3S. The zero-order valence-electron chi connectivity index (χ0n) is 11.7. The number of nitrogens with zero attached hydrogens (tertiary/aromatic N) is 3. The number of sulfonamides is 1. The molecule has 0 fully saturated rings. The molecule has 2 aromatic rings. The van der Waals surface area contributed by atoms with Crippen molar-refractivity contribution in [1.82, 2.24) is 9.97 Å². The van der Waals surface area contributed by atoms with E-state index in [4.69, 9.17) is 4.74 Å². The van der Waals surface area contributed by atoms with Gasteiger partial charge in [-0.1, -0.05) is 12.1 Å². The molecule has 3 rings (SSSR count). The molecule has 6 nitrogen and oxygen atoms in total. The fourth-order valence-electron chi connectivity index (χ4n) is 2.32. The van der Waals surface area contributed by atoms with Gasteiger partial charge in [0, 0.05) is 25.9 Å². The largest absolute Gasteiger partial charge is 0.489 e. The molecule has 1 unspecified atom stereocenters. The molecular weight excluding hydrogens is 290 g/mol. The average Bonchev–Trinajstić information content (AvgIpc) is 2.87. The molecule has 1 aromatic carbocycles. The second-order valence-corrected chi connectivity index (χ2v) is 6.84. The predicted octanol–water partition coefficient (Wildman–Crippen LogP) is 1.63. The summed E-state index contributed by atoms with van der Waals surface area (Å²) in [5.41, 5.74) is 0.908. The van der Waals surface area contributed by atoms with Crippen LogP contribution in [0, 0.1) is 0 Å². The van der Waals surface area contributed by atoms with E-state index in [0.717, 1.165) is 9.87 Å². The normalized spacial score (nSPS) is 17.1. The molecule has 1 aliphatic heterocycles. The van der Waals surface area contributed by atoms with Gasteiger partial charge in [-0.2, -0.15) is 0 Å². The Balaban J connectivity index is 2.07. The molecule has 7 heteroatoms. The number of hydrogen-bond acceptors (Lipinski definition) is 5. The summed E-state index contributed by atoms with van der Waals surface area (Å²) in [7, 11) is -2.32. The average molecular weight is 305 g/mol. The predicted molar refractivity (Wildman–Crippen MR) is 77.9 cm³/mol. The van der Waals surface area contributed by atoms with Crippen molar-refractivity contribution in [3.05, 3.63) is 42.2 Å². The van der Waals surface area contributed by atoms with Crippen LogP contribution in [-0.2, 0) is 16.4 Å². The van der Waals surface area contributed by atoms with Gasteiger partial charge in [-0.05, 0) is 24.6 Å². The zero-order chi connectivity index (χ0) is 15.0. The van der Waals surface area contributed by atoms with Crippen molar-refractivity contribution in [2.45, 2.75) is 24.3 Å². The summed E-state index contributed by atoms with van der Waals surface area (Å²) >= 11 is 0. The van der Waals surface area contributed by atoms with E-state index in [9.17, 15) is 8.42 Å². The number of rotatable bonds is 3. The molecule has 110 valence electrons. The van der Waals surface area contributed by atoms with Gasteiger partial charge in [0.25, 0.3) is 10.0 Å². The maximum atomic E-state index is 12.8. The summed E-state index contributed by atoms with van der Waals surface area (Å²) in [5, 5.41) is 0. The molecule has 0 spiro atoms. The maximum Gasteiger partial charge on any atom is 0.270 e. The topological polar surface area (TPSA) is 72.4 Å². The van der Waals surface area contributed by atoms with Crippen molar-refractivity contribution in [2.24, 2.45) is 0 Å². The van der Waals surface area contributed by atoms with Crippen molar-refractivity contribution in [1.29, 1.82) is 0 Å². The van der Waals surface area contributed by atoms with Crippen LogP contribution in [0.5, 0.6) is 5.75 Å². The van der Waals surface area contributed by atoms with Crippen LogP contribution in [0.2, 0.25) is 0 Å². The van der Waals surface area contributed by atoms with Gasteiger partial charge < -0.3 is 4.74 Å². The van der Waals surface area contributed by atoms with Gasteiger partial charge >= 0.3 is 0 Å². The fraction of sp³-hybridized carbons (Fsp3) is 0.286. The van der Waals surface area contributed by atoms with Crippen LogP contribution in [0.4, 0.5) is 5.95 Å². The molecule has 2 heterocycles. The second-order valence-electron chi connectivity index (χ2n) is 4.90. The van der Waals surface area contributed by atoms with Crippen LogP contribution in [0.15, 0.2) is 41.6 Å². The van der Waals surface area contributed by atoms with Crippen LogP contribution in [-0.4, -0.2) is 31.5 Å². The highest BCUT2D eigenvalue weighted by atomic mass is 32.2. The molecule has 0 N–H and O–H groups in total. The molecule has 21 heavy (non-hydrogen) atoms. The number of ether oxygens (including phenoxy) is 1. The van der Waals surface area contributed by atoms with Gasteiger partial charge in [0.05, 0.1) is 0 Å². The minimum Gasteiger partial charge on any atom is -0.489 e. The van der Waals surface area contributed by atoms with Crippen molar-refractivity contribution >= 4 is 16.0 Å². The third-order valence-corrected chi connectivity index (χ3v) is 5.12. The van der Waals surface area contributed by atoms with E-state index in [1.54, 1.807) is 18.2 Å². The number of para-hydroxylation sites is 1. The van der Waals surface area contributed by atoms with E-state index >= 15 is 0 Å². The smallest absolute Gasteiger partial charge is 0.270 e. The van der Waals surface area contributed by atoms with Gasteiger partial charge in [-0.15, -0.1) is 0 Å². The molecule has 1 aromatic heterocycles. The fourth-order valence-corrected chi connectivity index (χ4v) is 3.59. The van der Waals surface area contributed by atoms with Gasteiger partial charge in [0.2, 0.25) is 5.95 Å². The van der Waals surface area contributed by atoms with Gasteiger partial charge in [0.15, 0.2) is 0 Å². The molecule has 0 aliphatic carbocycles. The van der Waals surface area contributed by atoms with E-state index in [2.05, 4.69) is 9.97 Å². The van der Waals surface area contributed by atoms with Crippen LogP contribution in [0.1, 0.15) is 12.5 Å². The van der Waals surface area contributed by atoms with E-state index in [-0.39, 0.29) is 16.9 Å². The Morgan fingerprint density at radius 2 is 1.95 bits per heavy atom.